The van der Waals surface area contributed by atoms with Crippen LogP contribution in [0, 0.1) is 5.82 Å². The summed E-state index contributed by atoms with van der Waals surface area (Å²) >= 11 is 1.48. The van der Waals surface area contributed by atoms with Crippen molar-refractivity contribution >= 4 is 35.3 Å². The van der Waals surface area contributed by atoms with Gasteiger partial charge in [-0.2, -0.15) is 15.0 Å². The number of thioether (sulfide) groups is 1. The Morgan fingerprint density at radius 3 is 2.51 bits per heavy atom. The van der Waals surface area contributed by atoms with Gasteiger partial charge < -0.3 is 20.7 Å². The molecule has 0 unspecified atom stereocenters. The van der Waals surface area contributed by atoms with Gasteiger partial charge in [0, 0.05) is 18.8 Å². The van der Waals surface area contributed by atoms with Crippen molar-refractivity contribution < 1.29 is 9.13 Å². The van der Waals surface area contributed by atoms with Crippen molar-refractivity contribution in [3.8, 4) is 0 Å². The molecule has 1 saturated heterocycles. The molecule has 12 heteroatoms. The fourth-order valence-electron chi connectivity index (χ4n) is 3.64. The average Bonchev–Trinajstić information content (AvgIpc) is 3.27. The van der Waals surface area contributed by atoms with E-state index in [1.54, 1.807) is 12.1 Å². The van der Waals surface area contributed by atoms with E-state index >= 15 is 0 Å². The van der Waals surface area contributed by atoms with Gasteiger partial charge >= 0.3 is 0 Å². The van der Waals surface area contributed by atoms with Crippen LogP contribution in [0.25, 0.3) is 0 Å². The maximum atomic E-state index is 13.2. The highest BCUT2D eigenvalue weighted by atomic mass is 32.2. The molecule has 1 aliphatic heterocycles. The Kier molecular flexibility index (Phi) is 7.00. The van der Waals surface area contributed by atoms with Crippen LogP contribution in [0.15, 0.2) is 59.8 Å². The molecule has 5 rings (SSSR count). The summed E-state index contributed by atoms with van der Waals surface area (Å²) in [5.41, 5.74) is 7.72. The number of anilines is 4. The molecule has 0 amide bonds. The molecule has 35 heavy (non-hydrogen) atoms. The molecule has 2 aromatic carbocycles. The zero-order valence-electron chi connectivity index (χ0n) is 18.8. The van der Waals surface area contributed by atoms with E-state index in [1.165, 1.54) is 23.9 Å². The standard InChI is InChI=1S/C23H24FN9OS/c24-17-6-8-18(9-7-17)26-21-28-19(27-20(25)29-21)15-35-23-31-30-22(32-10-12-34-13-11-32)33(23)14-16-4-2-1-3-5-16/h1-9H,10-15H2,(H3,25,26,27,28,29). The molecule has 10 nitrogen and oxygen atoms in total. The quantitative estimate of drug-likeness (QED) is 0.354. The van der Waals surface area contributed by atoms with E-state index in [9.17, 15) is 4.39 Å². The number of hydrogen-bond donors (Lipinski definition) is 2. The van der Waals surface area contributed by atoms with Gasteiger partial charge in [0.05, 0.1) is 25.5 Å². The van der Waals surface area contributed by atoms with Crippen LogP contribution in [-0.2, 0) is 17.0 Å². The maximum absolute atomic E-state index is 13.2. The minimum absolute atomic E-state index is 0.0972. The van der Waals surface area contributed by atoms with E-state index in [0.29, 0.717) is 43.0 Å². The summed E-state index contributed by atoms with van der Waals surface area (Å²) in [4.78, 5) is 15.1. The van der Waals surface area contributed by atoms with Gasteiger partial charge in [0.2, 0.25) is 17.8 Å². The molecule has 0 spiro atoms. The SMILES string of the molecule is Nc1nc(CSc2nnc(N3CCOCC3)n2Cc2ccccc2)nc(Nc2ccc(F)cc2)n1. The summed E-state index contributed by atoms with van der Waals surface area (Å²) in [5, 5.41) is 12.7. The third kappa shape index (κ3) is 5.84. The maximum Gasteiger partial charge on any atom is 0.232 e. The Labute approximate surface area is 205 Å². The number of nitrogens with one attached hydrogen (secondary N) is 1. The number of ether oxygens (including phenoxy) is 1. The van der Waals surface area contributed by atoms with Crippen LogP contribution in [0.5, 0.6) is 0 Å². The normalized spacial score (nSPS) is 13.7. The predicted molar refractivity (Wildman–Crippen MR) is 132 cm³/mol. The minimum Gasteiger partial charge on any atom is -0.378 e. The van der Waals surface area contributed by atoms with E-state index < -0.39 is 0 Å². The number of nitrogens with two attached hydrogens (primary N) is 1. The van der Waals surface area contributed by atoms with Gasteiger partial charge in [-0.15, -0.1) is 10.2 Å². The highest BCUT2D eigenvalue weighted by Crippen LogP contribution is 2.26. The first-order chi connectivity index (χ1) is 17.1. The van der Waals surface area contributed by atoms with Gasteiger partial charge in [0.1, 0.15) is 11.6 Å². The lowest BCUT2D eigenvalue weighted by Crippen LogP contribution is -2.38. The fraction of sp³-hybridized carbons (Fsp3) is 0.261. The molecular formula is C23H24FN9OS. The first-order valence-corrected chi connectivity index (χ1v) is 12.1. The number of halogens is 1. The van der Waals surface area contributed by atoms with Crippen LogP contribution >= 0.6 is 11.8 Å². The summed E-state index contributed by atoms with van der Waals surface area (Å²) in [7, 11) is 0. The van der Waals surface area contributed by atoms with Crippen molar-refractivity contribution in [2.45, 2.75) is 17.5 Å². The molecule has 0 saturated carbocycles. The number of aromatic nitrogens is 6. The van der Waals surface area contributed by atoms with Gasteiger partial charge in [-0.05, 0) is 29.8 Å². The van der Waals surface area contributed by atoms with Crippen molar-refractivity contribution in [2.75, 3.05) is 42.3 Å². The molecule has 0 aliphatic carbocycles. The number of nitrogens with zero attached hydrogens (tertiary/aromatic N) is 7. The Morgan fingerprint density at radius 1 is 0.971 bits per heavy atom. The molecule has 0 bridgehead atoms. The Hall–Kier alpha value is -3.77. The molecule has 4 aromatic rings. The van der Waals surface area contributed by atoms with E-state index in [0.717, 1.165) is 29.8 Å². The van der Waals surface area contributed by atoms with Crippen molar-refractivity contribution in [2.24, 2.45) is 0 Å². The zero-order chi connectivity index (χ0) is 24.0. The molecule has 1 aliphatic rings. The second kappa shape index (κ2) is 10.7. The molecule has 2 aromatic heterocycles. The van der Waals surface area contributed by atoms with Crippen LogP contribution in [0.3, 0.4) is 0 Å². The second-order valence-electron chi connectivity index (χ2n) is 7.81. The zero-order valence-corrected chi connectivity index (χ0v) is 19.7. The van der Waals surface area contributed by atoms with Crippen LogP contribution in [0.1, 0.15) is 11.4 Å². The lowest BCUT2D eigenvalue weighted by Gasteiger charge is -2.28. The summed E-state index contributed by atoms with van der Waals surface area (Å²) in [6.07, 6.45) is 0. The molecule has 3 heterocycles. The van der Waals surface area contributed by atoms with Gasteiger partial charge in [-0.25, -0.2) is 4.39 Å². The van der Waals surface area contributed by atoms with E-state index in [4.69, 9.17) is 10.5 Å². The summed E-state index contributed by atoms with van der Waals surface area (Å²) < 4.78 is 20.8. The van der Waals surface area contributed by atoms with Crippen LogP contribution in [0.2, 0.25) is 0 Å². The summed E-state index contributed by atoms with van der Waals surface area (Å²) in [6, 6.07) is 16.1. The minimum atomic E-state index is -0.320. The first-order valence-electron chi connectivity index (χ1n) is 11.1. The highest BCUT2D eigenvalue weighted by molar-refractivity contribution is 7.98. The van der Waals surface area contributed by atoms with E-state index in [1.807, 2.05) is 18.2 Å². The number of nitrogen functional groups attached to an aromatic ring is 1. The lowest BCUT2D eigenvalue weighted by molar-refractivity contribution is 0.121. The molecule has 0 radical (unpaired) electrons. The average molecular weight is 494 g/mol. The summed E-state index contributed by atoms with van der Waals surface area (Å²) in [6.45, 7) is 3.49. The van der Waals surface area contributed by atoms with Crippen molar-refractivity contribution in [1.29, 1.82) is 0 Å². The fourth-order valence-corrected chi connectivity index (χ4v) is 4.43. The number of benzene rings is 2. The Balaban J connectivity index is 1.35. The van der Waals surface area contributed by atoms with Gasteiger partial charge in [-0.1, -0.05) is 42.1 Å². The molecule has 1 fully saturated rings. The molecule has 3 N–H and O–H groups in total. The number of hydrogen-bond acceptors (Lipinski definition) is 10. The molecular weight excluding hydrogens is 469 g/mol. The number of rotatable bonds is 8. The summed E-state index contributed by atoms with van der Waals surface area (Å²) in [5.74, 6) is 1.79. The monoisotopic (exact) mass is 493 g/mol. The van der Waals surface area contributed by atoms with Crippen molar-refractivity contribution in [3.63, 3.8) is 0 Å². The van der Waals surface area contributed by atoms with Gasteiger partial charge in [0.15, 0.2) is 5.16 Å². The van der Waals surface area contributed by atoms with Crippen molar-refractivity contribution in [3.05, 3.63) is 71.8 Å². The second-order valence-corrected chi connectivity index (χ2v) is 8.75. The molecule has 180 valence electrons. The van der Waals surface area contributed by atoms with Crippen LogP contribution in [-0.4, -0.2) is 56.0 Å². The first kappa shape index (κ1) is 23.0. The van der Waals surface area contributed by atoms with E-state index in [2.05, 4.69) is 52.1 Å². The van der Waals surface area contributed by atoms with Gasteiger partial charge in [0.25, 0.3) is 0 Å². The van der Waals surface area contributed by atoms with E-state index in [-0.39, 0.29) is 11.8 Å². The van der Waals surface area contributed by atoms with Crippen molar-refractivity contribution in [1.82, 2.24) is 29.7 Å². The molecule has 0 atom stereocenters. The third-order valence-corrected chi connectivity index (χ3v) is 6.27. The Bertz CT molecular complexity index is 1260. The Morgan fingerprint density at radius 2 is 1.74 bits per heavy atom. The van der Waals surface area contributed by atoms with Gasteiger partial charge in [-0.3, -0.25) is 4.57 Å². The number of morpholine rings is 1. The lowest BCUT2D eigenvalue weighted by atomic mass is 10.2. The smallest absolute Gasteiger partial charge is 0.232 e. The largest absolute Gasteiger partial charge is 0.378 e. The van der Waals surface area contributed by atoms with Crippen LogP contribution in [0.4, 0.5) is 27.9 Å². The third-order valence-electron chi connectivity index (χ3n) is 5.30. The topological polar surface area (TPSA) is 120 Å². The highest BCUT2D eigenvalue weighted by Gasteiger charge is 2.21. The van der Waals surface area contributed by atoms with Crippen LogP contribution < -0.4 is 16.0 Å². The predicted octanol–water partition coefficient (Wildman–Crippen LogP) is 3.11.